The van der Waals surface area contributed by atoms with Gasteiger partial charge in [0.05, 0.1) is 17.9 Å². The minimum absolute atomic E-state index is 0.0582. The predicted molar refractivity (Wildman–Crippen MR) is 91.4 cm³/mol. The van der Waals surface area contributed by atoms with Gasteiger partial charge in [0.1, 0.15) is 5.01 Å². The van der Waals surface area contributed by atoms with Crippen molar-refractivity contribution < 1.29 is 9.00 Å². The van der Waals surface area contributed by atoms with Crippen molar-refractivity contribution in [1.82, 2.24) is 10.3 Å². The molecule has 2 aromatic rings. The Morgan fingerprint density at radius 3 is 2.73 bits per heavy atom. The fourth-order valence-electron chi connectivity index (χ4n) is 2.02. The molecule has 0 spiro atoms. The van der Waals surface area contributed by atoms with Gasteiger partial charge >= 0.3 is 0 Å². The number of nitrogens with zero attached hydrogens (tertiary/aromatic N) is 1. The van der Waals surface area contributed by atoms with Crippen molar-refractivity contribution in [2.75, 3.05) is 7.05 Å². The second-order valence-electron chi connectivity index (χ2n) is 5.23. The van der Waals surface area contributed by atoms with Gasteiger partial charge in [-0.05, 0) is 30.5 Å². The Balaban J connectivity index is 1.94. The normalized spacial score (nSPS) is 12.1. The number of likely N-dealkylation sites (N-methyl/N-ethyl adjacent to an activating group) is 1. The molecule has 0 aliphatic carbocycles. The van der Waals surface area contributed by atoms with Crippen molar-refractivity contribution in [3.8, 4) is 0 Å². The summed E-state index contributed by atoms with van der Waals surface area (Å²) >= 11 is 1.44. The third-order valence-corrected chi connectivity index (χ3v) is 5.57. The topological polar surface area (TPSA) is 59.1 Å². The van der Waals surface area contributed by atoms with E-state index in [1.807, 2.05) is 11.4 Å². The lowest BCUT2D eigenvalue weighted by molar-refractivity contribution is -0.119. The van der Waals surface area contributed by atoms with E-state index in [1.54, 1.807) is 7.05 Å². The van der Waals surface area contributed by atoms with Crippen LogP contribution in [0.3, 0.4) is 0 Å². The molecule has 1 aromatic carbocycles. The summed E-state index contributed by atoms with van der Waals surface area (Å²) in [5.41, 5.74) is 4.34. The number of carbonyl (C=O) groups is 1. The summed E-state index contributed by atoms with van der Waals surface area (Å²) < 4.78 is 12.3. The van der Waals surface area contributed by atoms with E-state index in [9.17, 15) is 9.00 Å². The van der Waals surface area contributed by atoms with Crippen molar-refractivity contribution in [3.05, 3.63) is 51.0 Å². The zero-order chi connectivity index (χ0) is 16.1. The summed E-state index contributed by atoms with van der Waals surface area (Å²) in [5, 5.41) is 5.22. The highest BCUT2D eigenvalue weighted by atomic mass is 32.2. The SMILES string of the molecule is CNC(=O)Cc1nc(C[S@](=O)Cc2ccc(C)c(C)c2)cs1. The van der Waals surface area contributed by atoms with Crippen LogP contribution in [0.2, 0.25) is 0 Å². The number of thiazole rings is 1. The molecule has 1 amide bonds. The summed E-state index contributed by atoms with van der Waals surface area (Å²) in [6.07, 6.45) is 0.283. The lowest BCUT2D eigenvalue weighted by atomic mass is 10.1. The van der Waals surface area contributed by atoms with Crippen LogP contribution >= 0.6 is 11.3 Å². The van der Waals surface area contributed by atoms with Gasteiger partial charge in [0.25, 0.3) is 0 Å². The van der Waals surface area contributed by atoms with Crippen LogP contribution in [0.4, 0.5) is 0 Å². The number of amides is 1. The molecule has 0 aliphatic rings. The second kappa shape index (κ2) is 7.65. The summed E-state index contributed by atoms with van der Waals surface area (Å²) in [6, 6.07) is 6.18. The van der Waals surface area contributed by atoms with Gasteiger partial charge in [-0.1, -0.05) is 18.2 Å². The van der Waals surface area contributed by atoms with E-state index in [0.29, 0.717) is 11.5 Å². The van der Waals surface area contributed by atoms with Gasteiger partial charge in [-0.15, -0.1) is 11.3 Å². The maximum Gasteiger partial charge on any atom is 0.226 e. The highest BCUT2D eigenvalue weighted by Crippen LogP contribution is 2.15. The quantitative estimate of drug-likeness (QED) is 0.882. The van der Waals surface area contributed by atoms with Crippen LogP contribution in [0.5, 0.6) is 0 Å². The maximum absolute atomic E-state index is 12.3. The molecule has 0 unspecified atom stereocenters. The van der Waals surface area contributed by atoms with Crippen molar-refractivity contribution in [2.45, 2.75) is 31.8 Å². The van der Waals surface area contributed by atoms with E-state index < -0.39 is 10.8 Å². The number of rotatable bonds is 6. The first-order valence-electron chi connectivity index (χ1n) is 7.03. The number of hydrogen-bond acceptors (Lipinski definition) is 4. The van der Waals surface area contributed by atoms with E-state index in [2.05, 4.69) is 36.3 Å². The van der Waals surface area contributed by atoms with E-state index >= 15 is 0 Å². The number of aryl methyl sites for hydroxylation is 2. The van der Waals surface area contributed by atoms with Crippen LogP contribution in [-0.4, -0.2) is 22.1 Å². The zero-order valence-corrected chi connectivity index (χ0v) is 14.6. The first kappa shape index (κ1) is 16.8. The van der Waals surface area contributed by atoms with Gasteiger partial charge in [0.15, 0.2) is 0 Å². The molecule has 1 N–H and O–H groups in total. The number of aromatic nitrogens is 1. The van der Waals surface area contributed by atoms with E-state index in [1.165, 1.54) is 22.5 Å². The molecule has 1 aromatic heterocycles. The molecule has 0 bridgehead atoms. The lowest BCUT2D eigenvalue weighted by Crippen LogP contribution is -2.19. The maximum atomic E-state index is 12.3. The van der Waals surface area contributed by atoms with Gasteiger partial charge < -0.3 is 5.32 Å². The number of benzene rings is 1. The molecule has 0 saturated carbocycles. The van der Waals surface area contributed by atoms with Crippen molar-refractivity contribution in [1.29, 1.82) is 0 Å². The molecule has 4 nitrogen and oxygen atoms in total. The summed E-state index contributed by atoms with van der Waals surface area (Å²) in [6.45, 7) is 4.13. The first-order valence-corrected chi connectivity index (χ1v) is 9.39. The van der Waals surface area contributed by atoms with Crippen LogP contribution in [0.15, 0.2) is 23.6 Å². The third kappa shape index (κ3) is 4.74. The standard InChI is InChI=1S/C16H20N2O2S2/c1-11-4-5-13(6-12(11)2)9-22(20)10-14-8-21-16(18-14)7-15(19)17-3/h4-6,8H,7,9-10H2,1-3H3,(H,17,19)/t22-/m1/s1. The molecule has 118 valence electrons. The van der Waals surface area contributed by atoms with E-state index in [4.69, 9.17) is 0 Å². The first-order chi connectivity index (χ1) is 10.5. The van der Waals surface area contributed by atoms with Gasteiger partial charge in [0.2, 0.25) is 5.91 Å². The summed E-state index contributed by atoms with van der Waals surface area (Å²) in [5.74, 6) is 0.901. The van der Waals surface area contributed by atoms with Crippen LogP contribution in [0, 0.1) is 13.8 Å². The lowest BCUT2D eigenvalue weighted by Gasteiger charge is -2.05. The molecule has 0 saturated heterocycles. The summed E-state index contributed by atoms with van der Waals surface area (Å²) in [7, 11) is 0.612. The molecule has 0 fully saturated rings. The number of nitrogens with one attached hydrogen (secondary N) is 1. The Hall–Kier alpha value is -1.53. The van der Waals surface area contributed by atoms with E-state index in [0.717, 1.165) is 16.3 Å². The average Bonchev–Trinajstić information content (AvgIpc) is 2.89. The third-order valence-electron chi connectivity index (χ3n) is 3.40. The Morgan fingerprint density at radius 1 is 1.27 bits per heavy atom. The van der Waals surface area contributed by atoms with Crippen LogP contribution in [-0.2, 0) is 33.5 Å². The molecule has 1 heterocycles. The number of hydrogen-bond donors (Lipinski definition) is 1. The van der Waals surface area contributed by atoms with E-state index in [-0.39, 0.29) is 12.3 Å². The molecule has 22 heavy (non-hydrogen) atoms. The fourth-order valence-corrected chi connectivity index (χ4v) is 4.05. The van der Waals surface area contributed by atoms with Gasteiger partial charge in [-0.25, -0.2) is 4.98 Å². The molecule has 1 atom stereocenters. The molecule has 0 radical (unpaired) electrons. The van der Waals surface area contributed by atoms with Crippen molar-refractivity contribution >= 4 is 28.0 Å². The molecular weight excluding hydrogens is 316 g/mol. The molecule has 0 aliphatic heterocycles. The highest BCUT2D eigenvalue weighted by molar-refractivity contribution is 7.83. The Morgan fingerprint density at radius 2 is 2.05 bits per heavy atom. The monoisotopic (exact) mass is 336 g/mol. The van der Waals surface area contributed by atoms with Crippen molar-refractivity contribution in [2.24, 2.45) is 0 Å². The fraction of sp³-hybridized carbons (Fsp3) is 0.375. The van der Waals surface area contributed by atoms with Gasteiger partial charge in [-0.2, -0.15) is 0 Å². The Labute approximate surface area is 137 Å². The van der Waals surface area contributed by atoms with Crippen molar-refractivity contribution in [3.63, 3.8) is 0 Å². The van der Waals surface area contributed by atoms with Crippen LogP contribution < -0.4 is 5.32 Å². The van der Waals surface area contributed by atoms with Gasteiger partial charge in [0, 0.05) is 29.0 Å². The second-order valence-corrected chi connectivity index (χ2v) is 7.63. The smallest absolute Gasteiger partial charge is 0.226 e. The minimum Gasteiger partial charge on any atom is -0.359 e. The molecule has 2 rings (SSSR count). The Kier molecular flexibility index (Phi) is 5.85. The Bertz CT molecular complexity index is 695. The molecule has 6 heteroatoms. The van der Waals surface area contributed by atoms with Crippen LogP contribution in [0.1, 0.15) is 27.4 Å². The van der Waals surface area contributed by atoms with Crippen LogP contribution in [0.25, 0.3) is 0 Å². The average molecular weight is 336 g/mol. The predicted octanol–water partition coefficient (Wildman–Crippen LogP) is 2.50. The van der Waals surface area contributed by atoms with Gasteiger partial charge in [-0.3, -0.25) is 9.00 Å². The zero-order valence-electron chi connectivity index (χ0n) is 13.0. The minimum atomic E-state index is -0.994. The largest absolute Gasteiger partial charge is 0.359 e. The number of carbonyl (C=O) groups excluding carboxylic acids is 1. The molecular formula is C16H20N2O2S2. The highest BCUT2D eigenvalue weighted by Gasteiger charge is 2.10. The summed E-state index contributed by atoms with van der Waals surface area (Å²) in [4.78, 5) is 15.7.